The van der Waals surface area contributed by atoms with Crippen LogP contribution in [0.25, 0.3) is 0 Å². The van der Waals surface area contributed by atoms with Crippen molar-refractivity contribution in [1.82, 2.24) is 10.6 Å². The maximum Gasteiger partial charge on any atom is 0.315 e. The van der Waals surface area contributed by atoms with Gasteiger partial charge in [-0.1, -0.05) is 0 Å². The lowest BCUT2D eigenvalue weighted by Crippen LogP contribution is -2.53. The lowest BCUT2D eigenvalue weighted by Gasteiger charge is -2.28. The van der Waals surface area contributed by atoms with Gasteiger partial charge in [-0.05, 0) is 13.8 Å². The monoisotopic (exact) mass is 274 g/mol. The van der Waals surface area contributed by atoms with Gasteiger partial charge < -0.3 is 25.2 Å². The zero-order chi connectivity index (χ0) is 14.5. The Morgan fingerprint density at radius 3 is 2.63 bits per heavy atom. The fourth-order valence-corrected chi connectivity index (χ4v) is 1.98. The molecular weight excluding hydrogens is 252 g/mol. The summed E-state index contributed by atoms with van der Waals surface area (Å²) in [4.78, 5) is 22.4. The Labute approximate surface area is 112 Å². The van der Waals surface area contributed by atoms with Crippen LogP contribution >= 0.6 is 0 Å². The normalized spacial score (nSPS) is 23.1. The standard InChI is InChI=1S/C12H22N2O5/c1-11(2,6-9(15)16)14-10(17)13-7-12(18-3)4-5-19-8-12/h4-8H2,1-3H3,(H,15,16)(H2,13,14,17). The first-order valence-electron chi connectivity index (χ1n) is 6.19. The summed E-state index contributed by atoms with van der Waals surface area (Å²) in [5, 5.41) is 14.1. The van der Waals surface area contributed by atoms with E-state index in [-0.39, 0.29) is 6.42 Å². The number of ether oxygens (including phenoxy) is 2. The number of hydrogen-bond acceptors (Lipinski definition) is 4. The fraction of sp³-hybridized carbons (Fsp3) is 0.833. The van der Waals surface area contributed by atoms with Gasteiger partial charge in [0.25, 0.3) is 0 Å². The molecule has 7 heteroatoms. The Hall–Kier alpha value is -1.34. The Morgan fingerprint density at radius 1 is 1.47 bits per heavy atom. The van der Waals surface area contributed by atoms with Gasteiger partial charge in [0, 0.05) is 25.7 Å². The van der Waals surface area contributed by atoms with Crippen LogP contribution in [0.15, 0.2) is 0 Å². The van der Waals surface area contributed by atoms with Gasteiger partial charge in [0.15, 0.2) is 0 Å². The molecular formula is C12H22N2O5. The number of carbonyl (C=O) groups excluding carboxylic acids is 1. The molecule has 0 aliphatic carbocycles. The number of carbonyl (C=O) groups is 2. The quantitative estimate of drug-likeness (QED) is 0.649. The van der Waals surface area contributed by atoms with Gasteiger partial charge in [0.05, 0.1) is 19.6 Å². The maximum atomic E-state index is 11.7. The minimum absolute atomic E-state index is 0.140. The number of methoxy groups -OCH3 is 1. The first kappa shape index (κ1) is 15.7. The van der Waals surface area contributed by atoms with Crippen LogP contribution in [0.1, 0.15) is 26.7 Å². The lowest BCUT2D eigenvalue weighted by atomic mass is 10.0. The Morgan fingerprint density at radius 2 is 2.16 bits per heavy atom. The number of carboxylic acid groups (broad SMARTS) is 1. The Bertz CT molecular complexity index is 337. The molecule has 7 nitrogen and oxygen atoms in total. The van der Waals surface area contributed by atoms with Crippen molar-refractivity contribution < 1.29 is 24.2 Å². The molecule has 0 aromatic rings. The van der Waals surface area contributed by atoms with Gasteiger partial charge in [0.2, 0.25) is 0 Å². The van der Waals surface area contributed by atoms with Crippen molar-refractivity contribution >= 4 is 12.0 Å². The van der Waals surface area contributed by atoms with E-state index in [4.69, 9.17) is 14.6 Å². The van der Waals surface area contributed by atoms with E-state index in [0.717, 1.165) is 6.42 Å². The van der Waals surface area contributed by atoms with E-state index >= 15 is 0 Å². The van der Waals surface area contributed by atoms with E-state index in [1.807, 2.05) is 0 Å². The summed E-state index contributed by atoms with van der Waals surface area (Å²) in [6.45, 7) is 4.71. The van der Waals surface area contributed by atoms with Gasteiger partial charge in [-0.25, -0.2) is 4.79 Å². The minimum Gasteiger partial charge on any atom is -0.481 e. The number of hydrogen-bond donors (Lipinski definition) is 3. The molecule has 3 N–H and O–H groups in total. The molecule has 0 aromatic carbocycles. The van der Waals surface area contributed by atoms with Crippen LogP contribution in [-0.4, -0.2) is 55.1 Å². The predicted octanol–water partition coefficient (Wildman–Crippen LogP) is 0.344. The first-order valence-corrected chi connectivity index (χ1v) is 6.19. The summed E-state index contributed by atoms with van der Waals surface area (Å²) in [6, 6.07) is -0.408. The van der Waals surface area contributed by atoms with Crippen LogP contribution in [-0.2, 0) is 14.3 Å². The largest absolute Gasteiger partial charge is 0.481 e. The first-order chi connectivity index (χ1) is 8.79. The number of rotatable bonds is 6. The molecule has 19 heavy (non-hydrogen) atoms. The van der Waals surface area contributed by atoms with Crippen LogP contribution in [0.3, 0.4) is 0 Å². The summed E-state index contributed by atoms with van der Waals surface area (Å²) in [6.07, 6.45) is 0.585. The zero-order valence-corrected chi connectivity index (χ0v) is 11.6. The van der Waals surface area contributed by atoms with Crippen LogP contribution in [0.4, 0.5) is 4.79 Å². The number of aliphatic carboxylic acids is 1. The van der Waals surface area contributed by atoms with Gasteiger partial charge in [-0.2, -0.15) is 0 Å². The second-order valence-electron chi connectivity index (χ2n) is 5.45. The third-order valence-electron chi connectivity index (χ3n) is 3.12. The summed E-state index contributed by atoms with van der Waals surface area (Å²) in [5.74, 6) is -0.956. The summed E-state index contributed by atoms with van der Waals surface area (Å²) >= 11 is 0. The predicted molar refractivity (Wildman–Crippen MR) is 68.0 cm³/mol. The van der Waals surface area contributed by atoms with Crippen molar-refractivity contribution in [2.75, 3.05) is 26.9 Å². The maximum absolute atomic E-state index is 11.7. The molecule has 1 aliphatic heterocycles. The molecule has 110 valence electrons. The van der Waals surface area contributed by atoms with Crippen molar-refractivity contribution in [3.8, 4) is 0 Å². The van der Waals surface area contributed by atoms with E-state index in [1.54, 1.807) is 21.0 Å². The molecule has 1 saturated heterocycles. The molecule has 1 rings (SSSR count). The number of urea groups is 1. The second-order valence-corrected chi connectivity index (χ2v) is 5.45. The topological polar surface area (TPSA) is 96.9 Å². The molecule has 0 bridgehead atoms. The third kappa shape index (κ3) is 5.04. The molecule has 2 amide bonds. The summed E-state index contributed by atoms with van der Waals surface area (Å²) < 4.78 is 10.6. The summed E-state index contributed by atoms with van der Waals surface area (Å²) in [7, 11) is 1.59. The number of amides is 2. The zero-order valence-electron chi connectivity index (χ0n) is 11.6. The highest BCUT2D eigenvalue weighted by molar-refractivity contribution is 5.76. The Balaban J connectivity index is 2.41. The van der Waals surface area contributed by atoms with Crippen LogP contribution < -0.4 is 10.6 Å². The third-order valence-corrected chi connectivity index (χ3v) is 3.12. The van der Waals surface area contributed by atoms with E-state index in [9.17, 15) is 9.59 Å². The SMILES string of the molecule is COC1(CNC(=O)NC(C)(C)CC(=O)O)CCOC1. The van der Waals surface area contributed by atoms with Gasteiger partial charge in [0.1, 0.15) is 5.60 Å². The van der Waals surface area contributed by atoms with E-state index < -0.39 is 23.1 Å². The molecule has 0 saturated carbocycles. The Kier molecular flexibility index (Phi) is 5.13. The van der Waals surface area contributed by atoms with Crippen LogP contribution in [0.5, 0.6) is 0 Å². The molecule has 1 atom stereocenters. The van der Waals surface area contributed by atoms with E-state index in [1.165, 1.54) is 0 Å². The fourth-order valence-electron chi connectivity index (χ4n) is 1.98. The molecule has 1 fully saturated rings. The van der Waals surface area contributed by atoms with Gasteiger partial charge >= 0.3 is 12.0 Å². The molecule has 0 radical (unpaired) electrons. The van der Waals surface area contributed by atoms with Crippen LogP contribution in [0.2, 0.25) is 0 Å². The highest BCUT2D eigenvalue weighted by atomic mass is 16.5. The molecule has 1 unspecified atom stereocenters. The second kappa shape index (κ2) is 6.21. The number of carboxylic acids is 1. The smallest absolute Gasteiger partial charge is 0.315 e. The van der Waals surface area contributed by atoms with Crippen LogP contribution in [0, 0.1) is 0 Å². The van der Waals surface area contributed by atoms with E-state index in [0.29, 0.717) is 19.8 Å². The molecule has 0 spiro atoms. The number of nitrogens with one attached hydrogen (secondary N) is 2. The lowest BCUT2D eigenvalue weighted by molar-refractivity contribution is -0.138. The molecule has 1 aliphatic rings. The van der Waals surface area contributed by atoms with Crippen molar-refractivity contribution in [3.05, 3.63) is 0 Å². The highest BCUT2D eigenvalue weighted by Crippen LogP contribution is 2.21. The highest BCUT2D eigenvalue weighted by Gasteiger charge is 2.35. The van der Waals surface area contributed by atoms with Gasteiger partial charge in [-0.15, -0.1) is 0 Å². The average molecular weight is 274 g/mol. The van der Waals surface area contributed by atoms with Crippen molar-refractivity contribution in [3.63, 3.8) is 0 Å². The average Bonchev–Trinajstić information content (AvgIpc) is 2.73. The van der Waals surface area contributed by atoms with Crippen molar-refractivity contribution in [2.24, 2.45) is 0 Å². The van der Waals surface area contributed by atoms with Gasteiger partial charge in [-0.3, -0.25) is 4.79 Å². The minimum atomic E-state index is -0.956. The summed E-state index contributed by atoms with van der Waals surface area (Å²) in [5.41, 5.74) is -1.28. The van der Waals surface area contributed by atoms with E-state index in [2.05, 4.69) is 10.6 Å². The molecule has 0 aromatic heterocycles. The van der Waals surface area contributed by atoms with Crippen molar-refractivity contribution in [1.29, 1.82) is 0 Å². The molecule has 1 heterocycles. The van der Waals surface area contributed by atoms with Crippen molar-refractivity contribution in [2.45, 2.75) is 37.8 Å².